The van der Waals surface area contributed by atoms with Crippen molar-refractivity contribution in [1.29, 1.82) is 0 Å². The number of carbonyl (C=O) groups is 1. The molecule has 6 nitrogen and oxygen atoms in total. The van der Waals surface area contributed by atoms with Gasteiger partial charge in [0.1, 0.15) is 0 Å². The lowest BCUT2D eigenvalue weighted by molar-refractivity contribution is -0.114. The van der Waals surface area contributed by atoms with Crippen LogP contribution in [0.4, 0.5) is 5.69 Å². The average molecular weight is 320 g/mol. The summed E-state index contributed by atoms with van der Waals surface area (Å²) in [5, 5.41) is 5.64. The molecule has 1 aliphatic rings. The predicted molar refractivity (Wildman–Crippen MR) is 79.6 cm³/mol. The molecule has 112 valence electrons. The van der Waals surface area contributed by atoms with Gasteiger partial charge in [-0.15, -0.1) is 12.4 Å². The molecule has 1 amide bonds. The maximum absolute atomic E-state index is 12.3. The van der Waals surface area contributed by atoms with Gasteiger partial charge >= 0.3 is 0 Å². The monoisotopic (exact) mass is 319 g/mol. The van der Waals surface area contributed by atoms with E-state index in [1.165, 1.54) is 23.4 Å². The van der Waals surface area contributed by atoms with Crippen LogP contribution in [0.1, 0.15) is 6.92 Å². The number of amides is 1. The Hall–Kier alpha value is -1.15. The van der Waals surface area contributed by atoms with E-state index in [2.05, 4.69) is 10.6 Å². The first-order chi connectivity index (χ1) is 8.91. The van der Waals surface area contributed by atoms with Crippen LogP contribution in [0.5, 0.6) is 0 Å². The molecule has 1 aromatic carbocycles. The molecule has 8 heteroatoms. The van der Waals surface area contributed by atoms with Crippen LogP contribution in [0.15, 0.2) is 29.2 Å². The molecule has 0 radical (unpaired) electrons. The number of likely N-dealkylation sites (N-methyl/N-ethyl adjacent to an activating group) is 1. The van der Waals surface area contributed by atoms with Crippen molar-refractivity contribution >= 4 is 34.0 Å². The molecule has 0 atom stereocenters. The van der Waals surface area contributed by atoms with E-state index in [1.807, 2.05) is 0 Å². The Kier molecular flexibility index (Phi) is 5.52. The quantitative estimate of drug-likeness (QED) is 0.854. The molecule has 0 aromatic heterocycles. The molecular weight excluding hydrogens is 302 g/mol. The van der Waals surface area contributed by atoms with Gasteiger partial charge in [0.2, 0.25) is 15.9 Å². The molecule has 0 unspecified atom stereocenters. The summed E-state index contributed by atoms with van der Waals surface area (Å²) in [5.41, 5.74) is 0.583. The van der Waals surface area contributed by atoms with E-state index < -0.39 is 10.0 Å². The third-order valence-electron chi connectivity index (χ3n) is 3.13. The smallest absolute Gasteiger partial charge is 0.243 e. The van der Waals surface area contributed by atoms with Gasteiger partial charge < -0.3 is 10.6 Å². The van der Waals surface area contributed by atoms with E-state index in [-0.39, 0.29) is 29.3 Å². The minimum Gasteiger partial charge on any atom is -0.326 e. The topological polar surface area (TPSA) is 78.5 Å². The van der Waals surface area contributed by atoms with Crippen molar-refractivity contribution < 1.29 is 13.2 Å². The van der Waals surface area contributed by atoms with Crippen molar-refractivity contribution in [3.63, 3.8) is 0 Å². The Balaban J connectivity index is 0.00000200. The lowest BCUT2D eigenvalue weighted by atomic mass is 10.2. The highest BCUT2D eigenvalue weighted by Gasteiger charge is 2.31. The van der Waals surface area contributed by atoms with Crippen molar-refractivity contribution in [1.82, 2.24) is 9.62 Å². The number of anilines is 1. The molecule has 2 rings (SSSR count). The highest BCUT2D eigenvalue weighted by molar-refractivity contribution is 7.89. The van der Waals surface area contributed by atoms with Crippen LogP contribution in [0.3, 0.4) is 0 Å². The minimum absolute atomic E-state index is 0. The maximum atomic E-state index is 12.3. The summed E-state index contributed by atoms with van der Waals surface area (Å²) in [6, 6.07) is 6.19. The SMILES string of the molecule is CC(=O)Nc1ccc(S(=O)(=O)N(C)C2CNC2)cc1.Cl. The third-order valence-corrected chi connectivity index (χ3v) is 5.05. The molecule has 0 spiro atoms. The average Bonchev–Trinajstić information content (AvgIpc) is 2.26. The molecule has 1 aliphatic heterocycles. The van der Waals surface area contributed by atoms with Crippen LogP contribution < -0.4 is 10.6 Å². The fraction of sp³-hybridized carbons (Fsp3) is 0.417. The van der Waals surface area contributed by atoms with E-state index >= 15 is 0 Å². The van der Waals surface area contributed by atoms with Crippen LogP contribution in [0.2, 0.25) is 0 Å². The van der Waals surface area contributed by atoms with Gasteiger partial charge in [0.05, 0.1) is 4.90 Å². The summed E-state index contributed by atoms with van der Waals surface area (Å²) in [5.74, 6) is -0.187. The number of carbonyl (C=O) groups excluding carboxylic acids is 1. The van der Waals surface area contributed by atoms with E-state index in [9.17, 15) is 13.2 Å². The van der Waals surface area contributed by atoms with Crippen molar-refractivity contribution in [2.24, 2.45) is 0 Å². The van der Waals surface area contributed by atoms with Crippen molar-refractivity contribution in [2.45, 2.75) is 17.9 Å². The molecular formula is C12H18ClN3O3S. The number of hydrogen-bond acceptors (Lipinski definition) is 4. The van der Waals surface area contributed by atoms with Crippen molar-refractivity contribution in [2.75, 3.05) is 25.5 Å². The largest absolute Gasteiger partial charge is 0.326 e. The van der Waals surface area contributed by atoms with Crippen LogP contribution >= 0.6 is 12.4 Å². The van der Waals surface area contributed by atoms with Gasteiger partial charge in [-0.1, -0.05) is 0 Å². The molecule has 1 fully saturated rings. The number of nitrogens with one attached hydrogen (secondary N) is 2. The number of hydrogen-bond donors (Lipinski definition) is 2. The number of rotatable bonds is 4. The normalized spacial score (nSPS) is 15.3. The van der Waals surface area contributed by atoms with Gasteiger partial charge in [0, 0.05) is 38.8 Å². The van der Waals surface area contributed by atoms with E-state index in [0.29, 0.717) is 18.8 Å². The van der Waals surface area contributed by atoms with Gasteiger partial charge in [-0.3, -0.25) is 4.79 Å². The molecule has 1 saturated heterocycles. The van der Waals surface area contributed by atoms with Gasteiger partial charge in [-0.25, -0.2) is 8.42 Å². The van der Waals surface area contributed by atoms with Crippen LogP contribution in [0, 0.1) is 0 Å². The Morgan fingerprint density at radius 1 is 1.30 bits per heavy atom. The number of benzene rings is 1. The van der Waals surface area contributed by atoms with E-state index in [0.717, 1.165) is 0 Å². The fourth-order valence-corrected chi connectivity index (χ4v) is 3.16. The highest BCUT2D eigenvalue weighted by Crippen LogP contribution is 2.20. The molecule has 2 N–H and O–H groups in total. The summed E-state index contributed by atoms with van der Waals surface area (Å²) in [7, 11) is -1.88. The molecule has 1 aromatic rings. The Morgan fingerprint density at radius 3 is 2.25 bits per heavy atom. The van der Waals surface area contributed by atoms with Crippen LogP contribution in [-0.4, -0.2) is 44.8 Å². The molecule has 20 heavy (non-hydrogen) atoms. The summed E-state index contributed by atoms with van der Waals surface area (Å²) in [4.78, 5) is 11.1. The third kappa shape index (κ3) is 3.49. The molecule has 0 saturated carbocycles. The zero-order valence-corrected chi connectivity index (χ0v) is 12.9. The van der Waals surface area contributed by atoms with Crippen LogP contribution in [0.25, 0.3) is 0 Å². The maximum Gasteiger partial charge on any atom is 0.243 e. The molecule has 0 bridgehead atoms. The Bertz CT molecular complexity index is 570. The van der Waals surface area contributed by atoms with Gasteiger partial charge in [0.25, 0.3) is 0 Å². The lowest BCUT2D eigenvalue weighted by Crippen LogP contribution is -2.57. The zero-order valence-electron chi connectivity index (χ0n) is 11.3. The second-order valence-corrected chi connectivity index (χ2v) is 6.54. The summed E-state index contributed by atoms with van der Waals surface area (Å²) >= 11 is 0. The van der Waals surface area contributed by atoms with E-state index in [1.54, 1.807) is 19.2 Å². The molecule has 1 heterocycles. The number of halogens is 1. The Labute approximate surface area is 125 Å². The van der Waals surface area contributed by atoms with Gasteiger partial charge in [0.15, 0.2) is 0 Å². The second-order valence-electron chi connectivity index (χ2n) is 4.54. The standard InChI is InChI=1S/C12H17N3O3S.ClH/c1-9(16)14-10-3-5-12(6-4-10)19(17,18)15(2)11-7-13-8-11;/h3-6,11,13H,7-8H2,1-2H3,(H,14,16);1H. The first-order valence-electron chi connectivity index (χ1n) is 5.97. The summed E-state index contributed by atoms with van der Waals surface area (Å²) in [6.45, 7) is 2.77. The predicted octanol–water partition coefficient (Wildman–Crippen LogP) is 0.659. The van der Waals surface area contributed by atoms with Gasteiger partial charge in [-0.2, -0.15) is 4.31 Å². The molecule has 0 aliphatic carbocycles. The number of sulfonamides is 1. The van der Waals surface area contributed by atoms with Gasteiger partial charge in [-0.05, 0) is 24.3 Å². The second kappa shape index (κ2) is 6.53. The van der Waals surface area contributed by atoms with E-state index in [4.69, 9.17) is 0 Å². The Morgan fingerprint density at radius 2 is 1.85 bits per heavy atom. The highest BCUT2D eigenvalue weighted by atomic mass is 35.5. The first-order valence-corrected chi connectivity index (χ1v) is 7.41. The first kappa shape index (κ1) is 16.9. The van der Waals surface area contributed by atoms with Crippen LogP contribution in [-0.2, 0) is 14.8 Å². The fourth-order valence-electron chi connectivity index (χ4n) is 1.81. The number of nitrogens with zero attached hydrogens (tertiary/aromatic N) is 1. The van der Waals surface area contributed by atoms with Crippen molar-refractivity contribution in [3.8, 4) is 0 Å². The lowest BCUT2D eigenvalue weighted by Gasteiger charge is -2.34. The summed E-state index contributed by atoms with van der Waals surface area (Å²) < 4.78 is 26.0. The zero-order chi connectivity index (χ0) is 14.0. The minimum atomic E-state index is -3.46. The van der Waals surface area contributed by atoms with Crippen molar-refractivity contribution in [3.05, 3.63) is 24.3 Å². The summed E-state index contributed by atoms with van der Waals surface area (Å²) in [6.07, 6.45) is 0.